The summed E-state index contributed by atoms with van der Waals surface area (Å²) in [6.07, 6.45) is -5.19. The lowest BCUT2D eigenvalue weighted by Gasteiger charge is -2.28. The minimum Gasteiger partial charge on any atom is -0.392 e. The van der Waals surface area contributed by atoms with Crippen LogP contribution >= 0.6 is 12.4 Å². The number of nitrogens with one attached hydrogen (secondary N) is 1. The summed E-state index contributed by atoms with van der Waals surface area (Å²) in [5, 5.41) is 11.4. The molecule has 1 aliphatic heterocycles. The van der Waals surface area contributed by atoms with Gasteiger partial charge < -0.3 is 10.4 Å². The Labute approximate surface area is 74.6 Å². The first-order valence-electron chi connectivity index (χ1n) is 3.45. The highest BCUT2D eigenvalue weighted by molar-refractivity contribution is 5.85. The minimum atomic E-state index is -4.17. The summed E-state index contributed by atoms with van der Waals surface area (Å²) >= 11 is 0. The van der Waals surface area contributed by atoms with Gasteiger partial charge in [-0.25, -0.2) is 0 Å². The van der Waals surface area contributed by atoms with E-state index in [0.29, 0.717) is 0 Å². The van der Waals surface area contributed by atoms with Crippen molar-refractivity contribution >= 4 is 12.4 Å². The monoisotopic (exact) mass is 205 g/mol. The van der Waals surface area contributed by atoms with E-state index >= 15 is 0 Å². The topological polar surface area (TPSA) is 32.3 Å². The van der Waals surface area contributed by atoms with Gasteiger partial charge in [0.25, 0.3) is 0 Å². The Morgan fingerprint density at radius 1 is 1.25 bits per heavy atom. The minimum absolute atomic E-state index is 0. The molecule has 2 atom stereocenters. The lowest BCUT2D eigenvalue weighted by atomic mass is 9.97. The molecule has 1 heterocycles. The fraction of sp³-hybridized carbons (Fsp3) is 1.00. The number of rotatable bonds is 0. The van der Waals surface area contributed by atoms with Crippen molar-refractivity contribution in [3.8, 4) is 0 Å². The van der Waals surface area contributed by atoms with Crippen LogP contribution in [0.2, 0.25) is 0 Å². The maximum absolute atomic E-state index is 12.0. The first-order chi connectivity index (χ1) is 5.00. The molecular weight excluding hydrogens is 195 g/mol. The van der Waals surface area contributed by atoms with Crippen molar-refractivity contribution in [3.63, 3.8) is 0 Å². The van der Waals surface area contributed by atoms with Gasteiger partial charge in [0, 0.05) is 13.1 Å². The summed E-state index contributed by atoms with van der Waals surface area (Å²) in [7, 11) is 0. The fourth-order valence-electron chi connectivity index (χ4n) is 1.17. The summed E-state index contributed by atoms with van der Waals surface area (Å²) in [5.74, 6) is -1.38. The maximum Gasteiger partial charge on any atom is 0.393 e. The molecule has 2 nitrogen and oxygen atoms in total. The van der Waals surface area contributed by atoms with E-state index in [9.17, 15) is 13.2 Å². The van der Waals surface area contributed by atoms with Crippen molar-refractivity contribution in [2.75, 3.05) is 13.1 Å². The van der Waals surface area contributed by atoms with Crippen LogP contribution < -0.4 is 5.32 Å². The zero-order chi connectivity index (χ0) is 8.48. The summed E-state index contributed by atoms with van der Waals surface area (Å²) < 4.78 is 35.9. The van der Waals surface area contributed by atoms with E-state index in [1.54, 1.807) is 0 Å². The molecule has 74 valence electrons. The standard InChI is InChI=1S/C6H10F3NO.ClH/c7-6(8,9)4-1-5(11)3-10-2-4;/h4-5,10-11H,1-3H2;1H/t4-,5+;/m1./s1. The largest absolute Gasteiger partial charge is 0.393 e. The summed E-state index contributed by atoms with van der Waals surface area (Å²) in [4.78, 5) is 0. The molecule has 0 bridgehead atoms. The van der Waals surface area contributed by atoms with Gasteiger partial charge in [0.05, 0.1) is 12.0 Å². The van der Waals surface area contributed by atoms with E-state index < -0.39 is 18.2 Å². The smallest absolute Gasteiger partial charge is 0.392 e. The number of hydrogen-bond donors (Lipinski definition) is 2. The van der Waals surface area contributed by atoms with E-state index in [4.69, 9.17) is 5.11 Å². The Bertz CT molecular complexity index is 141. The highest BCUT2D eigenvalue weighted by Crippen LogP contribution is 2.30. The van der Waals surface area contributed by atoms with Crippen LogP contribution in [0.3, 0.4) is 0 Å². The van der Waals surface area contributed by atoms with Crippen LogP contribution in [0.5, 0.6) is 0 Å². The second kappa shape index (κ2) is 4.30. The van der Waals surface area contributed by atoms with E-state index in [1.165, 1.54) is 0 Å². The molecule has 12 heavy (non-hydrogen) atoms. The van der Waals surface area contributed by atoms with Crippen LogP contribution in [-0.4, -0.2) is 30.5 Å². The van der Waals surface area contributed by atoms with Gasteiger partial charge in [-0.05, 0) is 6.42 Å². The van der Waals surface area contributed by atoms with Gasteiger partial charge in [-0.15, -0.1) is 12.4 Å². The Hall–Kier alpha value is -0.0000000000000000555. The fourth-order valence-corrected chi connectivity index (χ4v) is 1.17. The number of halogens is 4. The Balaban J connectivity index is 0.00000121. The molecule has 0 aromatic rings. The molecule has 0 unspecified atom stereocenters. The maximum atomic E-state index is 12.0. The molecule has 1 saturated heterocycles. The third-order valence-electron chi connectivity index (χ3n) is 1.79. The predicted molar refractivity (Wildman–Crippen MR) is 40.3 cm³/mol. The first kappa shape index (κ1) is 12.0. The third-order valence-corrected chi connectivity index (χ3v) is 1.79. The number of β-amino-alcohol motifs (C(OH)–C–C–N with tert-alkyl or cyclic N) is 1. The molecule has 0 aromatic carbocycles. The number of alkyl halides is 3. The van der Waals surface area contributed by atoms with E-state index in [-0.39, 0.29) is 31.9 Å². The SMILES string of the molecule is Cl.O[C@@H]1CNC[C@H](C(F)(F)F)C1. The second-order valence-electron chi connectivity index (χ2n) is 2.79. The van der Waals surface area contributed by atoms with E-state index in [2.05, 4.69) is 5.32 Å². The molecule has 1 rings (SSSR count). The van der Waals surface area contributed by atoms with Crippen molar-refractivity contribution in [2.24, 2.45) is 5.92 Å². The van der Waals surface area contributed by atoms with Crippen molar-refractivity contribution in [1.82, 2.24) is 5.32 Å². The average molecular weight is 206 g/mol. The normalized spacial score (nSPS) is 31.0. The highest BCUT2D eigenvalue weighted by Gasteiger charge is 2.41. The zero-order valence-corrected chi connectivity index (χ0v) is 7.08. The molecule has 0 saturated carbocycles. The van der Waals surface area contributed by atoms with E-state index in [1.807, 2.05) is 0 Å². The van der Waals surface area contributed by atoms with Gasteiger partial charge >= 0.3 is 6.18 Å². The molecule has 0 spiro atoms. The molecule has 0 radical (unpaired) electrons. The molecular formula is C6H11ClF3NO. The molecule has 1 fully saturated rings. The van der Waals surface area contributed by atoms with Crippen LogP contribution in [0.1, 0.15) is 6.42 Å². The lowest BCUT2D eigenvalue weighted by Crippen LogP contribution is -2.45. The van der Waals surface area contributed by atoms with Crippen LogP contribution in [0.25, 0.3) is 0 Å². The molecule has 1 aliphatic rings. The third kappa shape index (κ3) is 3.16. The lowest BCUT2D eigenvalue weighted by molar-refractivity contribution is -0.185. The number of aliphatic hydroxyl groups excluding tert-OH is 1. The van der Waals surface area contributed by atoms with Crippen molar-refractivity contribution < 1.29 is 18.3 Å². The summed E-state index contributed by atoms with van der Waals surface area (Å²) in [5.41, 5.74) is 0. The molecule has 2 N–H and O–H groups in total. The Kier molecular flexibility index (Phi) is 4.30. The van der Waals surface area contributed by atoms with Gasteiger partial charge in [-0.3, -0.25) is 0 Å². The quantitative estimate of drug-likeness (QED) is 0.617. The predicted octanol–water partition coefficient (Wildman–Crippen LogP) is 0.941. The van der Waals surface area contributed by atoms with Crippen molar-refractivity contribution in [1.29, 1.82) is 0 Å². The summed E-state index contributed by atoms with van der Waals surface area (Å²) in [6.45, 7) is 0.202. The zero-order valence-electron chi connectivity index (χ0n) is 6.27. The van der Waals surface area contributed by atoms with Gasteiger partial charge in [-0.1, -0.05) is 0 Å². The van der Waals surface area contributed by atoms with Gasteiger partial charge in [-0.2, -0.15) is 13.2 Å². The number of piperidine rings is 1. The van der Waals surface area contributed by atoms with Crippen LogP contribution in [0.4, 0.5) is 13.2 Å². The number of aliphatic hydroxyl groups is 1. The Morgan fingerprint density at radius 2 is 1.83 bits per heavy atom. The first-order valence-corrected chi connectivity index (χ1v) is 3.45. The van der Waals surface area contributed by atoms with Crippen LogP contribution in [-0.2, 0) is 0 Å². The highest BCUT2D eigenvalue weighted by atomic mass is 35.5. The Morgan fingerprint density at radius 3 is 2.17 bits per heavy atom. The van der Waals surface area contributed by atoms with Gasteiger partial charge in [0.15, 0.2) is 0 Å². The van der Waals surface area contributed by atoms with Gasteiger partial charge in [0.1, 0.15) is 0 Å². The van der Waals surface area contributed by atoms with Crippen molar-refractivity contribution in [3.05, 3.63) is 0 Å². The second-order valence-corrected chi connectivity index (χ2v) is 2.79. The average Bonchev–Trinajstić information content (AvgIpc) is 1.86. The van der Waals surface area contributed by atoms with Crippen molar-refractivity contribution in [2.45, 2.75) is 18.7 Å². The van der Waals surface area contributed by atoms with Crippen LogP contribution in [0.15, 0.2) is 0 Å². The van der Waals surface area contributed by atoms with Gasteiger partial charge in [0.2, 0.25) is 0 Å². The molecule has 0 amide bonds. The van der Waals surface area contributed by atoms with E-state index in [0.717, 1.165) is 0 Å². The summed E-state index contributed by atoms with van der Waals surface area (Å²) in [6, 6.07) is 0. The number of hydrogen-bond acceptors (Lipinski definition) is 2. The molecule has 6 heteroatoms. The van der Waals surface area contributed by atoms with Crippen LogP contribution in [0, 0.1) is 5.92 Å². The molecule has 0 aromatic heterocycles. The molecule has 0 aliphatic carbocycles.